The van der Waals surface area contributed by atoms with Crippen molar-refractivity contribution in [2.45, 2.75) is 49.9 Å². The summed E-state index contributed by atoms with van der Waals surface area (Å²) in [5.74, 6) is -4.47. The van der Waals surface area contributed by atoms with E-state index in [0.29, 0.717) is 5.56 Å². The number of aromatic hydroxyl groups is 1. The van der Waals surface area contributed by atoms with Gasteiger partial charge in [0.1, 0.15) is 23.9 Å². The molecule has 39 heavy (non-hydrogen) atoms. The molecule has 0 spiro atoms. The molecule has 0 aromatic heterocycles. The van der Waals surface area contributed by atoms with E-state index < -0.39 is 53.8 Å². The molecule has 12 nitrogen and oxygen atoms in total. The summed E-state index contributed by atoms with van der Waals surface area (Å²) in [6.45, 7) is 0. The highest BCUT2D eigenvalue weighted by molar-refractivity contribution is 7.80. The fraction of sp³-hybridized carbons (Fsp3) is 0.346. The molecule has 9 N–H and O–H groups in total. The van der Waals surface area contributed by atoms with Crippen LogP contribution >= 0.6 is 12.6 Å². The number of hydrogen-bond donors (Lipinski definition) is 8. The minimum atomic E-state index is -1.32. The van der Waals surface area contributed by atoms with Gasteiger partial charge in [0.25, 0.3) is 0 Å². The molecule has 0 aliphatic heterocycles. The number of phenols is 1. The van der Waals surface area contributed by atoms with Crippen molar-refractivity contribution in [3.63, 3.8) is 0 Å². The Labute approximate surface area is 230 Å². The molecule has 13 heteroatoms. The highest BCUT2D eigenvalue weighted by Crippen LogP contribution is 2.12. The van der Waals surface area contributed by atoms with E-state index in [1.165, 1.54) is 24.3 Å². The molecule has 0 saturated carbocycles. The highest BCUT2D eigenvalue weighted by atomic mass is 32.1. The number of hydrogen-bond acceptors (Lipinski definition) is 8. The summed E-state index contributed by atoms with van der Waals surface area (Å²) in [5.41, 5.74) is 12.6. The number of carboxylic acids is 1. The van der Waals surface area contributed by atoms with E-state index in [-0.39, 0.29) is 37.2 Å². The van der Waals surface area contributed by atoms with Crippen LogP contribution in [0.3, 0.4) is 0 Å². The van der Waals surface area contributed by atoms with Gasteiger partial charge in [0.2, 0.25) is 23.6 Å². The molecule has 0 fully saturated rings. The fourth-order valence-corrected chi connectivity index (χ4v) is 3.85. The largest absolute Gasteiger partial charge is 0.508 e. The van der Waals surface area contributed by atoms with E-state index in [9.17, 15) is 34.2 Å². The van der Waals surface area contributed by atoms with Gasteiger partial charge in [0, 0.05) is 18.6 Å². The SMILES string of the molecule is NC(=O)CCC(NC(=O)C(N)Cc1ccccc1)C(=O)NC(Cc1ccc(O)cc1)C(=O)NC(CS)C(=O)O. The summed E-state index contributed by atoms with van der Waals surface area (Å²) in [6.07, 6.45) is -0.265. The quantitative estimate of drug-likeness (QED) is 0.130. The van der Waals surface area contributed by atoms with Crippen LogP contribution in [0.1, 0.15) is 24.0 Å². The molecule has 0 heterocycles. The van der Waals surface area contributed by atoms with Gasteiger partial charge in [-0.1, -0.05) is 42.5 Å². The first-order valence-corrected chi connectivity index (χ1v) is 12.7. The number of carboxylic acid groups (broad SMARTS) is 1. The van der Waals surface area contributed by atoms with Gasteiger partial charge in [-0.25, -0.2) is 4.79 Å². The standard InChI is InChI=1S/C26H33N5O7S/c27-18(12-15-4-2-1-3-5-15)23(34)29-19(10-11-22(28)33)24(35)30-20(13-16-6-8-17(32)9-7-16)25(36)31-21(14-39)26(37)38/h1-9,18-21,32,39H,10-14,27H2,(H2,28,33)(H,29,34)(H,30,35)(H,31,36)(H,37,38). The maximum Gasteiger partial charge on any atom is 0.327 e. The molecule has 2 aromatic carbocycles. The zero-order valence-electron chi connectivity index (χ0n) is 21.1. The Balaban J connectivity index is 2.21. The van der Waals surface area contributed by atoms with E-state index in [0.717, 1.165) is 5.56 Å². The van der Waals surface area contributed by atoms with Gasteiger partial charge in [-0.05, 0) is 36.1 Å². The first-order valence-electron chi connectivity index (χ1n) is 12.1. The monoisotopic (exact) mass is 559 g/mol. The van der Waals surface area contributed by atoms with E-state index in [2.05, 4.69) is 28.6 Å². The lowest BCUT2D eigenvalue weighted by atomic mass is 10.0. The molecule has 0 aliphatic carbocycles. The van der Waals surface area contributed by atoms with Crippen LogP contribution in [0.2, 0.25) is 0 Å². The van der Waals surface area contributed by atoms with E-state index in [1.807, 2.05) is 6.07 Å². The lowest BCUT2D eigenvalue weighted by molar-refractivity contribution is -0.141. The van der Waals surface area contributed by atoms with Crippen LogP contribution in [0, 0.1) is 0 Å². The van der Waals surface area contributed by atoms with Crippen molar-refractivity contribution in [3.05, 3.63) is 65.7 Å². The summed E-state index contributed by atoms with van der Waals surface area (Å²) in [5, 5.41) is 26.2. The Bertz CT molecular complexity index is 1150. The molecule has 0 saturated heterocycles. The number of benzene rings is 2. The van der Waals surface area contributed by atoms with Gasteiger partial charge in [0.15, 0.2) is 0 Å². The third-order valence-corrected chi connectivity index (χ3v) is 6.12. The summed E-state index contributed by atoms with van der Waals surface area (Å²) >= 11 is 3.94. The number of thiol groups is 1. The Hall–Kier alpha value is -4.10. The fourth-order valence-electron chi connectivity index (χ4n) is 3.60. The second kappa shape index (κ2) is 15.3. The first-order chi connectivity index (χ1) is 18.5. The number of aliphatic carboxylic acids is 1. The number of carbonyl (C=O) groups is 5. The van der Waals surface area contributed by atoms with E-state index in [4.69, 9.17) is 11.5 Å². The van der Waals surface area contributed by atoms with Crippen LogP contribution < -0.4 is 27.4 Å². The van der Waals surface area contributed by atoms with Crippen molar-refractivity contribution in [1.82, 2.24) is 16.0 Å². The predicted molar refractivity (Wildman–Crippen MR) is 146 cm³/mol. The predicted octanol–water partition coefficient (Wildman–Crippen LogP) is -0.761. The number of carbonyl (C=O) groups excluding carboxylic acids is 4. The molecule has 2 aromatic rings. The van der Waals surface area contributed by atoms with Crippen LogP contribution in [-0.4, -0.2) is 69.7 Å². The van der Waals surface area contributed by atoms with Crippen LogP contribution in [0.5, 0.6) is 5.75 Å². The summed E-state index contributed by atoms with van der Waals surface area (Å²) in [6, 6.07) is 10.0. The Kier molecular flexibility index (Phi) is 12.2. The van der Waals surface area contributed by atoms with Crippen molar-refractivity contribution in [1.29, 1.82) is 0 Å². The third kappa shape index (κ3) is 10.7. The molecular formula is C26H33N5O7S. The van der Waals surface area contributed by atoms with Crippen molar-refractivity contribution in [2.75, 3.05) is 5.75 Å². The molecule has 4 amide bonds. The maximum atomic E-state index is 13.3. The Morgan fingerprint density at radius 2 is 1.31 bits per heavy atom. The average molecular weight is 560 g/mol. The highest BCUT2D eigenvalue weighted by Gasteiger charge is 2.30. The lowest BCUT2D eigenvalue weighted by Gasteiger charge is -2.25. The summed E-state index contributed by atoms with van der Waals surface area (Å²) < 4.78 is 0. The number of nitrogens with two attached hydrogens (primary N) is 2. The number of phenolic OH excluding ortho intramolecular Hbond substituents is 1. The summed E-state index contributed by atoms with van der Waals surface area (Å²) in [4.78, 5) is 61.9. The average Bonchev–Trinajstić information content (AvgIpc) is 2.90. The topological polar surface area (TPSA) is 214 Å². The molecular weight excluding hydrogens is 526 g/mol. The molecule has 4 atom stereocenters. The smallest absolute Gasteiger partial charge is 0.327 e. The minimum Gasteiger partial charge on any atom is -0.508 e. The molecule has 4 unspecified atom stereocenters. The van der Waals surface area contributed by atoms with Gasteiger partial charge < -0.3 is 37.6 Å². The zero-order chi connectivity index (χ0) is 28.9. The first kappa shape index (κ1) is 31.1. The maximum absolute atomic E-state index is 13.3. The van der Waals surface area contributed by atoms with E-state index >= 15 is 0 Å². The second-order valence-corrected chi connectivity index (χ2v) is 9.24. The molecule has 2 rings (SSSR count). The van der Waals surface area contributed by atoms with Gasteiger partial charge in [0.05, 0.1) is 6.04 Å². The van der Waals surface area contributed by atoms with Crippen LogP contribution in [0.4, 0.5) is 0 Å². The number of nitrogens with one attached hydrogen (secondary N) is 3. The Morgan fingerprint density at radius 1 is 0.769 bits per heavy atom. The molecule has 0 bridgehead atoms. The van der Waals surface area contributed by atoms with Gasteiger partial charge >= 0.3 is 5.97 Å². The van der Waals surface area contributed by atoms with Crippen molar-refractivity contribution in [3.8, 4) is 5.75 Å². The number of rotatable bonds is 15. The Morgan fingerprint density at radius 3 is 1.87 bits per heavy atom. The van der Waals surface area contributed by atoms with E-state index in [1.54, 1.807) is 24.3 Å². The van der Waals surface area contributed by atoms with Crippen LogP contribution in [-0.2, 0) is 36.8 Å². The second-order valence-electron chi connectivity index (χ2n) is 8.88. The van der Waals surface area contributed by atoms with Crippen LogP contribution in [0.25, 0.3) is 0 Å². The number of primary amides is 1. The third-order valence-electron chi connectivity index (χ3n) is 5.75. The van der Waals surface area contributed by atoms with Crippen molar-refractivity contribution in [2.24, 2.45) is 11.5 Å². The molecule has 210 valence electrons. The van der Waals surface area contributed by atoms with Gasteiger partial charge in [-0.2, -0.15) is 12.6 Å². The number of amides is 4. The zero-order valence-corrected chi connectivity index (χ0v) is 22.0. The molecule has 0 aliphatic rings. The van der Waals surface area contributed by atoms with Gasteiger partial charge in [-0.15, -0.1) is 0 Å². The van der Waals surface area contributed by atoms with Crippen molar-refractivity contribution >= 4 is 42.2 Å². The molecule has 0 radical (unpaired) electrons. The van der Waals surface area contributed by atoms with Gasteiger partial charge in [-0.3, -0.25) is 19.2 Å². The summed E-state index contributed by atoms with van der Waals surface area (Å²) in [7, 11) is 0. The van der Waals surface area contributed by atoms with Crippen molar-refractivity contribution < 1.29 is 34.2 Å². The lowest BCUT2D eigenvalue weighted by Crippen LogP contribution is -2.58. The normalized spacial score (nSPS) is 13.8. The van der Waals surface area contributed by atoms with Crippen LogP contribution in [0.15, 0.2) is 54.6 Å². The minimum absolute atomic E-state index is 0.00845.